The largest absolute Gasteiger partial charge is 0.463 e. The van der Waals surface area contributed by atoms with Crippen molar-refractivity contribution in [3.63, 3.8) is 0 Å². The number of hydrogen-bond donors (Lipinski definition) is 5. The Morgan fingerprint density at radius 3 is 2.09 bits per heavy atom. The molecule has 6 N–H and O–H groups in total. The van der Waals surface area contributed by atoms with Crippen molar-refractivity contribution < 1.29 is 23.9 Å². The molecule has 4 amide bonds. The lowest BCUT2D eigenvalue weighted by atomic mass is 10.0. The Morgan fingerprint density at radius 2 is 1.69 bits per heavy atom. The van der Waals surface area contributed by atoms with Crippen LogP contribution in [0, 0.1) is 5.92 Å². The van der Waals surface area contributed by atoms with Crippen LogP contribution in [0.25, 0.3) is 0 Å². The van der Waals surface area contributed by atoms with Gasteiger partial charge in [-0.25, -0.2) is 4.79 Å². The Hall–Kier alpha value is -3.14. The number of hydrogen-bond acceptors (Lipinski definition) is 6. The highest BCUT2D eigenvalue weighted by molar-refractivity contribution is 5.95. The van der Waals surface area contributed by atoms with E-state index >= 15 is 0 Å². The molecule has 0 saturated carbocycles. The summed E-state index contributed by atoms with van der Waals surface area (Å²) in [6.45, 7) is 11.0. The molecular weight excluding hydrogens is 414 g/mol. The van der Waals surface area contributed by atoms with Crippen LogP contribution in [0.3, 0.4) is 0 Å². The molecule has 182 valence electrons. The summed E-state index contributed by atoms with van der Waals surface area (Å²) in [6, 6.07) is 6.12. The summed E-state index contributed by atoms with van der Waals surface area (Å²) in [5.74, 6) is -0.392. The Bertz CT molecular complexity index is 665. The number of carbonyl (C=O) groups excluding carboxylic acids is 4. The van der Waals surface area contributed by atoms with Crippen LogP contribution in [0.2, 0.25) is 0 Å². The van der Waals surface area contributed by atoms with E-state index in [1.807, 2.05) is 34.6 Å². The summed E-state index contributed by atoms with van der Waals surface area (Å²) in [5.41, 5.74) is 6.15. The predicted molar refractivity (Wildman–Crippen MR) is 126 cm³/mol. The van der Waals surface area contributed by atoms with Crippen molar-refractivity contribution in [1.29, 1.82) is 0 Å². The first kappa shape index (κ1) is 31.0. The molecule has 1 rings (SSSR count). The standard InChI is InChI=1S/C16H23N3O4.C4H10N2O.C2H6/c1-11(2)15(17-3)16(22)18-8-14(21)19-13-6-4-12(5-7-13)9-23-10-20;1-2-3-6-4(5)7;1-2/h4-7,10-11,15,17H,8-9H2,1-3H3,(H,18,22)(H,19,21);2-3H2,1H3,(H3,5,6,7);1-2H3. The van der Waals surface area contributed by atoms with E-state index in [-0.39, 0.29) is 36.9 Å². The maximum absolute atomic E-state index is 11.9. The first-order valence-electron chi connectivity index (χ1n) is 10.7. The van der Waals surface area contributed by atoms with Crippen LogP contribution in [0.5, 0.6) is 0 Å². The summed E-state index contributed by atoms with van der Waals surface area (Å²) >= 11 is 0. The molecule has 0 fully saturated rings. The molecule has 0 saturated heterocycles. The third kappa shape index (κ3) is 15.7. The van der Waals surface area contributed by atoms with Crippen molar-refractivity contribution in [2.24, 2.45) is 11.7 Å². The maximum Gasteiger partial charge on any atom is 0.312 e. The fraction of sp³-hybridized carbons (Fsp3) is 0.545. The molecule has 0 aliphatic rings. The van der Waals surface area contributed by atoms with E-state index in [9.17, 15) is 19.2 Å². The molecule has 0 aromatic heterocycles. The van der Waals surface area contributed by atoms with Crippen molar-refractivity contribution in [2.75, 3.05) is 25.5 Å². The molecule has 32 heavy (non-hydrogen) atoms. The minimum atomic E-state index is -0.443. The zero-order valence-electron chi connectivity index (χ0n) is 20.0. The molecule has 1 aromatic carbocycles. The van der Waals surface area contributed by atoms with Gasteiger partial charge in [-0.3, -0.25) is 14.4 Å². The van der Waals surface area contributed by atoms with Crippen LogP contribution in [-0.2, 0) is 25.7 Å². The molecule has 0 heterocycles. The Balaban J connectivity index is 0. The Kier molecular flexibility index (Phi) is 19.2. The molecule has 10 heteroatoms. The number of nitrogens with two attached hydrogens (primary N) is 1. The van der Waals surface area contributed by atoms with Gasteiger partial charge >= 0.3 is 6.03 Å². The molecule has 0 aliphatic carbocycles. The lowest BCUT2D eigenvalue weighted by molar-refractivity contribution is -0.129. The maximum atomic E-state index is 11.9. The third-order valence-electron chi connectivity index (χ3n) is 3.79. The number of benzene rings is 1. The van der Waals surface area contributed by atoms with E-state index in [4.69, 9.17) is 5.73 Å². The van der Waals surface area contributed by atoms with E-state index in [1.54, 1.807) is 31.3 Å². The number of rotatable bonds is 11. The first-order chi connectivity index (χ1) is 15.2. The predicted octanol–water partition coefficient (Wildman–Crippen LogP) is 1.75. The molecule has 0 radical (unpaired) electrons. The fourth-order valence-electron chi connectivity index (χ4n) is 2.31. The highest BCUT2D eigenvalue weighted by Crippen LogP contribution is 2.10. The highest BCUT2D eigenvalue weighted by Gasteiger charge is 2.20. The van der Waals surface area contributed by atoms with Gasteiger partial charge in [0, 0.05) is 12.2 Å². The van der Waals surface area contributed by atoms with Gasteiger partial charge < -0.3 is 31.7 Å². The van der Waals surface area contributed by atoms with E-state index < -0.39 is 6.03 Å². The minimum absolute atomic E-state index is 0.0975. The van der Waals surface area contributed by atoms with Gasteiger partial charge in [0.15, 0.2) is 0 Å². The smallest absolute Gasteiger partial charge is 0.312 e. The van der Waals surface area contributed by atoms with Crippen LogP contribution in [0.4, 0.5) is 10.5 Å². The lowest BCUT2D eigenvalue weighted by Crippen LogP contribution is -2.47. The van der Waals surface area contributed by atoms with Crippen molar-refractivity contribution in [2.45, 2.75) is 53.7 Å². The van der Waals surface area contributed by atoms with Gasteiger partial charge in [-0.05, 0) is 37.1 Å². The topological polar surface area (TPSA) is 152 Å². The van der Waals surface area contributed by atoms with Gasteiger partial charge in [0.2, 0.25) is 11.8 Å². The third-order valence-corrected chi connectivity index (χ3v) is 3.79. The van der Waals surface area contributed by atoms with Crippen LogP contribution in [0.1, 0.15) is 46.6 Å². The van der Waals surface area contributed by atoms with E-state index in [0.29, 0.717) is 18.7 Å². The van der Waals surface area contributed by atoms with Crippen LogP contribution in [0.15, 0.2) is 24.3 Å². The van der Waals surface area contributed by atoms with Crippen LogP contribution < -0.4 is 27.0 Å². The Morgan fingerprint density at radius 1 is 1.09 bits per heavy atom. The van der Waals surface area contributed by atoms with Crippen molar-refractivity contribution in [3.05, 3.63) is 29.8 Å². The number of ether oxygens (including phenoxy) is 1. The van der Waals surface area contributed by atoms with Gasteiger partial charge in [-0.1, -0.05) is 46.8 Å². The van der Waals surface area contributed by atoms with E-state index in [0.717, 1.165) is 12.0 Å². The number of anilines is 1. The molecule has 1 aromatic rings. The molecule has 1 unspecified atom stereocenters. The Labute approximate surface area is 191 Å². The average molecular weight is 454 g/mol. The summed E-state index contributed by atoms with van der Waals surface area (Å²) in [7, 11) is 1.71. The minimum Gasteiger partial charge on any atom is -0.463 e. The van der Waals surface area contributed by atoms with Crippen molar-refractivity contribution in [3.8, 4) is 0 Å². The summed E-state index contributed by atoms with van der Waals surface area (Å²) in [5, 5.41) is 10.6. The fourth-order valence-corrected chi connectivity index (χ4v) is 2.31. The number of primary amides is 1. The second-order valence-corrected chi connectivity index (χ2v) is 6.67. The van der Waals surface area contributed by atoms with Crippen LogP contribution >= 0.6 is 0 Å². The van der Waals surface area contributed by atoms with Crippen molar-refractivity contribution in [1.82, 2.24) is 16.0 Å². The summed E-state index contributed by atoms with van der Waals surface area (Å²) in [4.78, 5) is 43.7. The van der Waals surface area contributed by atoms with Gasteiger partial charge in [0.25, 0.3) is 6.47 Å². The zero-order chi connectivity index (χ0) is 24.9. The molecular formula is C22H39N5O5. The van der Waals surface area contributed by atoms with E-state index in [1.165, 1.54) is 0 Å². The van der Waals surface area contributed by atoms with E-state index in [2.05, 4.69) is 26.0 Å². The zero-order valence-corrected chi connectivity index (χ0v) is 20.0. The molecule has 10 nitrogen and oxygen atoms in total. The quantitative estimate of drug-likeness (QED) is 0.322. The number of likely N-dealkylation sites (N-methyl/N-ethyl adjacent to an activating group) is 1. The van der Waals surface area contributed by atoms with Crippen LogP contribution in [-0.4, -0.2) is 50.5 Å². The number of carbonyl (C=O) groups is 4. The van der Waals surface area contributed by atoms with Gasteiger partial charge in [-0.15, -0.1) is 0 Å². The lowest BCUT2D eigenvalue weighted by Gasteiger charge is -2.19. The summed E-state index contributed by atoms with van der Waals surface area (Å²) < 4.78 is 4.64. The van der Waals surface area contributed by atoms with Gasteiger partial charge in [-0.2, -0.15) is 0 Å². The number of amides is 4. The average Bonchev–Trinajstić information content (AvgIpc) is 2.78. The molecule has 1 atom stereocenters. The normalized spacial score (nSPS) is 10.3. The first-order valence-corrected chi connectivity index (χ1v) is 10.7. The SMILES string of the molecule is CC.CCCNC(N)=O.CNC(C(=O)NCC(=O)Nc1ccc(COC=O)cc1)C(C)C. The number of urea groups is 1. The van der Waals surface area contributed by atoms with Gasteiger partial charge in [0.1, 0.15) is 6.61 Å². The number of nitrogens with one attached hydrogen (secondary N) is 4. The second-order valence-electron chi connectivity index (χ2n) is 6.67. The highest BCUT2D eigenvalue weighted by atomic mass is 16.5. The molecule has 0 bridgehead atoms. The second kappa shape index (κ2) is 19.8. The van der Waals surface area contributed by atoms with Crippen molar-refractivity contribution >= 4 is 30.0 Å². The van der Waals surface area contributed by atoms with Gasteiger partial charge in [0.05, 0.1) is 12.6 Å². The summed E-state index contributed by atoms with van der Waals surface area (Å²) in [6.07, 6.45) is 0.933. The molecule has 0 aliphatic heterocycles. The molecule has 0 spiro atoms. The monoisotopic (exact) mass is 453 g/mol.